The van der Waals surface area contributed by atoms with E-state index >= 15 is 0 Å². The van der Waals surface area contributed by atoms with Crippen LogP contribution in [0, 0.1) is 5.21 Å². The summed E-state index contributed by atoms with van der Waals surface area (Å²) in [5.74, 6) is -1.16. The van der Waals surface area contributed by atoms with Gasteiger partial charge in [0.1, 0.15) is 5.76 Å². The Morgan fingerprint density at radius 3 is 2.42 bits per heavy atom. The fourth-order valence-electron chi connectivity index (χ4n) is 0.643. The first-order valence-electron chi connectivity index (χ1n) is 3.00. The molecule has 1 heterocycles. The van der Waals surface area contributed by atoms with Gasteiger partial charge in [0.2, 0.25) is 0 Å². The third kappa shape index (κ3) is 1.16. The zero-order valence-corrected chi connectivity index (χ0v) is 7.21. The molecule has 0 radical (unpaired) electrons. The lowest BCUT2D eigenvalue weighted by atomic mass is 10.2. The third-order valence-electron chi connectivity index (χ3n) is 1.45. The summed E-state index contributed by atoms with van der Waals surface area (Å²) < 4.78 is 24.9. The van der Waals surface area contributed by atoms with Crippen LogP contribution in [0.25, 0.3) is 0 Å². The summed E-state index contributed by atoms with van der Waals surface area (Å²) in [6, 6.07) is 0. The predicted molar refractivity (Wildman–Crippen MR) is 38.6 cm³/mol. The number of hydrogen-bond donors (Lipinski definition) is 0. The van der Waals surface area contributed by atoms with Crippen LogP contribution in [0.5, 0.6) is 0 Å². The number of hydrogen-bond acceptors (Lipinski definition) is 5. The van der Waals surface area contributed by atoms with E-state index in [-0.39, 0.29) is 11.3 Å². The minimum Gasteiger partial charge on any atom is -0.740 e. The second kappa shape index (κ2) is 2.46. The van der Waals surface area contributed by atoms with E-state index < -0.39 is 20.7 Å². The van der Waals surface area contributed by atoms with Gasteiger partial charge >= 0.3 is 10.3 Å². The van der Waals surface area contributed by atoms with E-state index in [2.05, 4.69) is 4.18 Å². The molecule has 0 aromatic rings. The lowest BCUT2D eigenvalue weighted by Crippen LogP contribution is -2.37. The molecule has 1 rings (SSSR count). The van der Waals surface area contributed by atoms with Crippen LogP contribution in [-0.2, 0) is 19.3 Å². The van der Waals surface area contributed by atoms with Crippen LogP contribution < -0.4 is 0 Å². The summed E-state index contributed by atoms with van der Waals surface area (Å²) in [6.07, 6.45) is 0. The lowest BCUT2D eigenvalue weighted by Gasteiger charge is -2.30. The lowest BCUT2D eigenvalue weighted by molar-refractivity contribution is -0.121. The van der Waals surface area contributed by atoms with Crippen LogP contribution in [0.4, 0.5) is 0 Å². The Morgan fingerprint density at radius 2 is 1.92 bits per heavy atom. The topological polar surface area (TPSA) is 86.7 Å². The summed E-state index contributed by atoms with van der Waals surface area (Å²) in [5.41, 5.74) is -0.000162. The number of amides is 1. The summed E-state index contributed by atoms with van der Waals surface area (Å²) >= 11 is 0. The van der Waals surface area contributed by atoms with Crippen LogP contribution >= 0.6 is 0 Å². The molecule has 1 aliphatic rings. The average molecular weight is 192 g/mol. The molecule has 1 aliphatic heterocycles. The highest BCUT2D eigenvalue weighted by Gasteiger charge is 2.29. The number of nitrogens with zero attached hydrogens (tertiary/aromatic N) is 1. The molecule has 0 unspecified atom stereocenters. The Kier molecular flexibility index (Phi) is 1.85. The smallest absolute Gasteiger partial charge is 0.402 e. The van der Waals surface area contributed by atoms with Crippen LogP contribution in [0.1, 0.15) is 13.8 Å². The summed E-state index contributed by atoms with van der Waals surface area (Å²) in [5, 5.41) is 10.6. The van der Waals surface area contributed by atoms with Crippen molar-refractivity contribution in [2.45, 2.75) is 13.8 Å². The van der Waals surface area contributed by atoms with Crippen molar-refractivity contribution < 1.29 is 17.4 Å². The summed E-state index contributed by atoms with van der Waals surface area (Å²) in [7, 11) is -4.42. The normalized spacial score (nSPS) is 22.6. The molecule has 0 bridgehead atoms. The van der Waals surface area contributed by atoms with Crippen molar-refractivity contribution in [3.05, 3.63) is 16.5 Å². The van der Waals surface area contributed by atoms with Gasteiger partial charge in [-0.15, -0.1) is 0 Å². The van der Waals surface area contributed by atoms with Gasteiger partial charge < -0.3 is 9.39 Å². The first-order chi connectivity index (χ1) is 5.36. The average Bonchev–Trinajstić information content (AvgIpc) is 1.97. The highest BCUT2D eigenvalue weighted by atomic mass is 32.2. The molecule has 68 valence electrons. The van der Waals surface area contributed by atoms with E-state index in [4.69, 9.17) is 0 Å². The molecule has 0 aliphatic carbocycles. The van der Waals surface area contributed by atoms with Gasteiger partial charge in [-0.1, -0.05) is 0 Å². The van der Waals surface area contributed by atoms with Crippen molar-refractivity contribution in [3.8, 4) is 0 Å². The second-order valence-corrected chi connectivity index (χ2v) is 3.61. The zero-order chi connectivity index (χ0) is 9.52. The van der Waals surface area contributed by atoms with Gasteiger partial charge in [0.05, 0.1) is 5.57 Å². The van der Waals surface area contributed by atoms with Crippen molar-refractivity contribution in [1.82, 2.24) is 4.47 Å². The van der Waals surface area contributed by atoms with E-state index in [0.29, 0.717) is 0 Å². The molecular weight excluding hydrogens is 186 g/mol. The third-order valence-corrected chi connectivity index (χ3v) is 2.48. The molecule has 0 aromatic carbocycles. The molecular formula is C5H6NO5S-. The first kappa shape index (κ1) is 9.01. The molecule has 0 N–H and O–H groups in total. The predicted octanol–water partition coefficient (Wildman–Crippen LogP) is -0.118. The second-order valence-electron chi connectivity index (χ2n) is 2.25. The van der Waals surface area contributed by atoms with Gasteiger partial charge in [-0.2, -0.15) is 8.42 Å². The van der Waals surface area contributed by atoms with Gasteiger partial charge in [-0.3, -0.25) is 9.26 Å². The molecule has 0 spiro atoms. The maximum absolute atomic E-state index is 10.8. The Hall–Kier alpha value is -1.08. The van der Waals surface area contributed by atoms with Crippen molar-refractivity contribution in [2.75, 3.05) is 0 Å². The maximum Gasteiger partial charge on any atom is 0.402 e. The van der Waals surface area contributed by atoms with Gasteiger partial charge in [0, 0.05) is 0 Å². The standard InChI is InChI=1S/C5H6NO5S/c1-3-4(2)11-12(9,10)6(8)5(3)7/h1-2H3/q-1. The highest BCUT2D eigenvalue weighted by Crippen LogP contribution is 2.20. The van der Waals surface area contributed by atoms with Gasteiger partial charge in [0.15, 0.2) is 0 Å². The highest BCUT2D eigenvalue weighted by molar-refractivity contribution is 7.85. The quantitative estimate of drug-likeness (QED) is 0.534. The monoisotopic (exact) mass is 192 g/mol. The van der Waals surface area contributed by atoms with Gasteiger partial charge in [-0.05, 0) is 13.8 Å². The molecule has 12 heavy (non-hydrogen) atoms. The Balaban J connectivity index is 3.26. The molecule has 7 heteroatoms. The van der Waals surface area contributed by atoms with E-state index in [1.807, 2.05) is 0 Å². The van der Waals surface area contributed by atoms with Crippen molar-refractivity contribution in [2.24, 2.45) is 0 Å². The van der Waals surface area contributed by atoms with Crippen molar-refractivity contribution in [3.63, 3.8) is 0 Å². The largest absolute Gasteiger partial charge is 0.740 e. The van der Waals surface area contributed by atoms with E-state index in [0.717, 1.165) is 0 Å². The summed E-state index contributed by atoms with van der Waals surface area (Å²) in [4.78, 5) is 10.8. The van der Waals surface area contributed by atoms with Crippen LogP contribution in [-0.4, -0.2) is 18.8 Å². The number of hydroxylamine groups is 1. The Labute approximate surface area is 69.3 Å². The minimum absolute atomic E-state index is 0.000162. The molecule has 0 aromatic heterocycles. The number of rotatable bonds is 0. The van der Waals surface area contributed by atoms with Crippen LogP contribution in [0.3, 0.4) is 0 Å². The fourth-order valence-corrected chi connectivity index (χ4v) is 1.49. The van der Waals surface area contributed by atoms with Crippen LogP contribution in [0.15, 0.2) is 11.3 Å². The maximum atomic E-state index is 10.8. The molecule has 0 atom stereocenters. The Bertz CT molecular complexity index is 354. The number of allylic oxidation sites excluding steroid dienone is 1. The SMILES string of the molecule is CC1=C(C)C(=O)N([O-])S(=O)(=O)O1. The fraction of sp³-hybridized carbons (Fsp3) is 0.400. The van der Waals surface area contributed by atoms with Crippen molar-refractivity contribution in [1.29, 1.82) is 0 Å². The zero-order valence-electron chi connectivity index (χ0n) is 6.40. The number of carbonyl (C=O) groups is 1. The van der Waals surface area contributed by atoms with Crippen LogP contribution in [0.2, 0.25) is 0 Å². The molecule has 1 amide bonds. The molecule has 6 nitrogen and oxygen atoms in total. The molecule has 0 saturated heterocycles. The minimum atomic E-state index is -4.42. The van der Waals surface area contributed by atoms with E-state index in [9.17, 15) is 18.4 Å². The van der Waals surface area contributed by atoms with E-state index in [1.165, 1.54) is 13.8 Å². The summed E-state index contributed by atoms with van der Waals surface area (Å²) in [6.45, 7) is 2.62. The first-order valence-corrected chi connectivity index (χ1v) is 4.36. The van der Waals surface area contributed by atoms with Gasteiger partial charge in [-0.25, -0.2) is 0 Å². The molecule has 0 fully saturated rings. The number of carbonyl (C=O) groups excluding carboxylic acids is 1. The molecule has 0 saturated carbocycles. The van der Waals surface area contributed by atoms with Gasteiger partial charge in [0.25, 0.3) is 5.91 Å². The van der Waals surface area contributed by atoms with Crippen molar-refractivity contribution >= 4 is 16.2 Å². The van der Waals surface area contributed by atoms with E-state index in [1.54, 1.807) is 0 Å². The Morgan fingerprint density at radius 1 is 1.42 bits per heavy atom.